The summed E-state index contributed by atoms with van der Waals surface area (Å²) >= 11 is 6.27. The van der Waals surface area contributed by atoms with Crippen LogP contribution in [0.1, 0.15) is 5.82 Å². The highest BCUT2D eigenvalue weighted by Gasteiger charge is 2.05. The Kier molecular flexibility index (Phi) is 3.98. The molecule has 0 saturated carbocycles. The molecule has 0 bridgehead atoms. The molecule has 0 spiro atoms. The summed E-state index contributed by atoms with van der Waals surface area (Å²) < 4.78 is 0. The summed E-state index contributed by atoms with van der Waals surface area (Å²) in [5, 5.41) is 3.60. The number of aromatic nitrogens is 4. The van der Waals surface area contributed by atoms with Gasteiger partial charge in [-0.1, -0.05) is 23.9 Å². The molecule has 3 aromatic rings. The normalized spacial score (nSPS) is 10.7. The molecule has 0 aliphatic carbocycles. The van der Waals surface area contributed by atoms with Gasteiger partial charge in [0.25, 0.3) is 0 Å². The van der Waals surface area contributed by atoms with E-state index in [1.165, 1.54) is 11.8 Å². The highest BCUT2D eigenvalue weighted by Crippen LogP contribution is 2.20. The first-order valence-corrected chi connectivity index (χ1v) is 7.56. The van der Waals surface area contributed by atoms with E-state index in [4.69, 9.17) is 18.0 Å². The molecule has 0 fully saturated rings. The molecule has 8 heteroatoms. The fourth-order valence-electron chi connectivity index (χ4n) is 1.81. The Morgan fingerprint density at radius 1 is 1.29 bits per heavy atom. The number of nitrogens with zero attached hydrogens (tertiary/aromatic N) is 3. The zero-order valence-corrected chi connectivity index (χ0v) is 12.5. The Labute approximate surface area is 130 Å². The van der Waals surface area contributed by atoms with Crippen LogP contribution in [0.2, 0.25) is 0 Å². The molecule has 21 heavy (non-hydrogen) atoms. The van der Waals surface area contributed by atoms with Crippen molar-refractivity contribution in [2.45, 2.75) is 10.9 Å². The van der Waals surface area contributed by atoms with Crippen LogP contribution in [0.4, 0.5) is 5.82 Å². The second kappa shape index (κ2) is 6.06. The second-order valence-electron chi connectivity index (χ2n) is 4.20. The molecule has 0 aliphatic heterocycles. The number of hydrogen-bond donors (Lipinski definition) is 3. The lowest BCUT2D eigenvalue weighted by atomic mass is 10.3. The van der Waals surface area contributed by atoms with Crippen molar-refractivity contribution in [1.82, 2.24) is 19.9 Å². The van der Waals surface area contributed by atoms with Crippen LogP contribution < -0.4 is 11.1 Å². The quantitative estimate of drug-likeness (QED) is 0.386. The summed E-state index contributed by atoms with van der Waals surface area (Å²) in [6, 6.07) is 9.63. The van der Waals surface area contributed by atoms with E-state index in [-0.39, 0.29) is 5.11 Å². The van der Waals surface area contributed by atoms with E-state index in [9.17, 15) is 0 Å². The first kappa shape index (κ1) is 13.8. The number of H-pyrrole nitrogens is 1. The van der Waals surface area contributed by atoms with Crippen LogP contribution >= 0.6 is 24.0 Å². The summed E-state index contributed by atoms with van der Waals surface area (Å²) in [4.78, 5) is 16.3. The molecule has 0 amide bonds. The van der Waals surface area contributed by atoms with Crippen molar-refractivity contribution in [3.63, 3.8) is 0 Å². The van der Waals surface area contributed by atoms with E-state index >= 15 is 0 Å². The third-order valence-corrected chi connectivity index (χ3v) is 3.64. The number of hydrogen-bond acceptors (Lipinski definition) is 5. The molecule has 4 N–H and O–H groups in total. The Hall–Kier alpha value is -2.19. The molecule has 6 nitrogen and oxygen atoms in total. The van der Waals surface area contributed by atoms with Gasteiger partial charge in [-0.25, -0.2) is 15.0 Å². The van der Waals surface area contributed by atoms with Gasteiger partial charge in [0.15, 0.2) is 10.3 Å². The molecular formula is C13H12N6S2. The molecule has 0 radical (unpaired) electrons. The first-order chi connectivity index (χ1) is 10.2. The molecule has 0 saturated heterocycles. The van der Waals surface area contributed by atoms with Crippen molar-refractivity contribution in [2.75, 3.05) is 5.32 Å². The maximum Gasteiger partial charge on any atom is 0.189 e. The average molecular weight is 316 g/mol. The molecule has 106 valence electrons. The number of anilines is 1. The van der Waals surface area contributed by atoms with Gasteiger partial charge in [0, 0.05) is 6.20 Å². The number of nitrogens with two attached hydrogens (primary N) is 1. The second-order valence-corrected chi connectivity index (χ2v) is 5.59. The van der Waals surface area contributed by atoms with Crippen LogP contribution in [-0.2, 0) is 5.75 Å². The summed E-state index contributed by atoms with van der Waals surface area (Å²) in [7, 11) is 0. The van der Waals surface area contributed by atoms with Gasteiger partial charge in [-0.3, -0.25) is 0 Å². The lowest BCUT2D eigenvalue weighted by Gasteiger charge is -2.03. The predicted molar refractivity (Wildman–Crippen MR) is 88.1 cm³/mol. The minimum Gasteiger partial charge on any atom is -0.376 e. The van der Waals surface area contributed by atoms with Crippen molar-refractivity contribution in [3.05, 3.63) is 42.4 Å². The van der Waals surface area contributed by atoms with Crippen molar-refractivity contribution in [1.29, 1.82) is 0 Å². The molecule has 2 heterocycles. The largest absolute Gasteiger partial charge is 0.376 e. The van der Waals surface area contributed by atoms with E-state index < -0.39 is 0 Å². The van der Waals surface area contributed by atoms with Crippen molar-refractivity contribution < 1.29 is 0 Å². The number of imidazole rings is 1. The van der Waals surface area contributed by atoms with Crippen molar-refractivity contribution in [3.8, 4) is 0 Å². The Morgan fingerprint density at radius 3 is 2.95 bits per heavy atom. The molecule has 1 aromatic carbocycles. The highest BCUT2D eigenvalue weighted by atomic mass is 32.2. The molecule has 2 aromatic heterocycles. The Bertz CT molecular complexity index is 752. The van der Waals surface area contributed by atoms with Gasteiger partial charge >= 0.3 is 0 Å². The summed E-state index contributed by atoms with van der Waals surface area (Å²) in [6.45, 7) is 0. The number of thiocarbonyl (C=S) groups is 1. The summed E-state index contributed by atoms with van der Waals surface area (Å²) in [5.41, 5.74) is 7.40. The first-order valence-electron chi connectivity index (χ1n) is 6.16. The number of thioether (sulfide) groups is 1. The van der Waals surface area contributed by atoms with Gasteiger partial charge < -0.3 is 16.0 Å². The van der Waals surface area contributed by atoms with Gasteiger partial charge in [-0.15, -0.1) is 0 Å². The van der Waals surface area contributed by atoms with Gasteiger partial charge in [0.1, 0.15) is 11.6 Å². The van der Waals surface area contributed by atoms with Gasteiger partial charge in [0.05, 0.1) is 16.8 Å². The Balaban J connectivity index is 1.70. The van der Waals surface area contributed by atoms with Crippen LogP contribution in [-0.4, -0.2) is 25.0 Å². The van der Waals surface area contributed by atoms with E-state index in [0.717, 1.165) is 16.9 Å². The van der Waals surface area contributed by atoms with Gasteiger partial charge in [-0.2, -0.15) is 0 Å². The number of benzene rings is 1. The number of aromatic amines is 1. The van der Waals surface area contributed by atoms with Crippen LogP contribution in [0.5, 0.6) is 0 Å². The maximum atomic E-state index is 5.42. The smallest absolute Gasteiger partial charge is 0.189 e. The zero-order chi connectivity index (χ0) is 14.7. The fourth-order valence-corrected chi connectivity index (χ4v) is 2.62. The minimum absolute atomic E-state index is 0.182. The van der Waals surface area contributed by atoms with Crippen LogP contribution in [0.15, 0.2) is 41.7 Å². The lowest BCUT2D eigenvalue weighted by Crippen LogP contribution is -2.19. The maximum absolute atomic E-state index is 5.42. The third-order valence-electron chi connectivity index (χ3n) is 2.66. The van der Waals surface area contributed by atoms with Gasteiger partial charge in [0.2, 0.25) is 0 Å². The molecule has 3 rings (SSSR count). The lowest BCUT2D eigenvalue weighted by molar-refractivity contribution is 0.969. The van der Waals surface area contributed by atoms with Crippen LogP contribution in [0.25, 0.3) is 11.0 Å². The van der Waals surface area contributed by atoms with Gasteiger partial charge in [-0.05, 0) is 30.4 Å². The monoisotopic (exact) mass is 316 g/mol. The SMILES string of the molecule is NC(=S)Nc1ccnc(SCc2nc3ccccc3[nH]2)n1. The van der Waals surface area contributed by atoms with E-state index in [1.54, 1.807) is 12.3 Å². The molecule has 0 atom stereocenters. The standard InChI is InChI=1S/C13H12N6S2/c14-12(20)18-10-5-6-15-13(19-10)21-7-11-16-8-3-1-2-4-9(8)17-11/h1-6H,7H2,(H,16,17)(H3,14,15,18,19,20). The van der Waals surface area contributed by atoms with E-state index in [2.05, 4.69) is 25.3 Å². The number of para-hydroxylation sites is 2. The Morgan fingerprint density at radius 2 is 2.14 bits per heavy atom. The fraction of sp³-hybridized carbons (Fsp3) is 0.0769. The number of fused-ring (bicyclic) bond motifs is 1. The van der Waals surface area contributed by atoms with Crippen molar-refractivity contribution in [2.24, 2.45) is 5.73 Å². The third kappa shape index (κ3) is 3.47. The van der Waals surface area contributed by atoms with Crippen LogP contribution in [0.3, 0.4) is 0 Å². The number of rotatable bonds is 4. The molecule has 0 unspecified atom stereocenters. The molecular weight excluding hydrogens is 304 g/mol. The topological polar surface area (TPSA) is 92.5 Å². The minimum atomic E-state index is 0.182. The number of nitrogens with one attached hydrogen (secondary N) is 2. The van der Waals surface area contributed by atoms with E-state index in [1.807, 2.05) is 24.3 Å². The van der Waals surface area contributed by atoms with Crippen molar-refractivity contribution >= 4 is 45.9 Å². The zero-order valence-electron chi connectivity index (χ0n) is 10.9. The highest BCUT2D eigenvalue weighted by molar-refractivity contribution is 7.98. The average Bonchev–Trinajstić information content (AvgIpc) is 2.87. The van der Waals surface area contributed by atoms with Crippen LogP contribution in [0, 0.1) is 0 Å². The molecule has 0 aliphatic rings. The van der Waals surface area contributed by atoms with E-state index in [0.29, 0.717) is 16.7 Å². The summed E-state index contributed by atoms with van der Waals surface area (Å²) in [5.74, 6) is 2.13. The summed E-state index contributed by atoms with van der Waals surface area (Å²) in [6.07, 6.45) is 1.66. The predicted octanol–water partition coefficient (Wildman–Crippen LogP) is 2.30.